The molecule has 2 N–H and O–H groups in total. The lowest BCUT2D eigenvalue weighted by molar-refractivity contribution is 0.470. The molecule has 0 amide bonds. The van der Waals surface area contributed by atoms with Gasteiger partial charge < -0.3 is 5.32 Å². The van der Waals surface area contributed by atoms with Gasteiger partial charge in [0.25, 0.3) is 0 Å². The minimum Gasteiger partial charge on any atom is -0.318 e. The summed E-state index contributed by atoms with van der Waals surface area (Å²) < 4.78 is 0. The zero-order valence-electron chi connectivity index (χ0n) is 14.1. The molecule has 2 nitrogen and oxygen atoms in total. The van der Waals surface area contributed by atoms with Gasteiger partial charge in [-0.2, -0.15) is 0 Å². The number of benzene rings is 3. The summed E-state index contributed by atoms with van der Waals surface area (Å²) in [6, 6.07) is 32.0. The summed E-state index contributed by atoms with van der Waals surface area (Å²) in [5, 5.41) is 7.05. The van der Waals surface area contributed by atoms with Crippen LogP contribution < -0.4 is 10.6 Å². The van der Waals surface area contributed by atoms with Gasteiger partial charge in [0.2, 0.25) is 0 Å². The molecule has 0 saturated carbocycles. The smallest absolute Gasteiger partial charge is 0.0948 e. The van der Waals surface area contributed by atoms with Crippen molar-refractivity contribution in [2.24, 2.45) is 0 Å². The van der Waals surface area contributed by atoms with Crippen molar-refractivity contribution in [2.75, 3.05) is 20.1 Å². The Labute approximate surface area is 144 Å². The first-order chi connectivity index (χ1) is 11.9. The summed E-state index contributed by atoms with van der Waals surface area (Å²) in [5.41, 5.74) is 3.39. The summed E-state index contributed by atoms with van der Waals surface area (Å²) >= 11 is 0. The molecule has 3 aromatic carbocycles. The van der Waals surface area contributed by atoms with Gasteiger partial charge in [0, 0.05) is 13.1 Å². The number of hydrogen-bond donors (Lipinski definition) is 2. The first-order valence-corrected chi connectivity index (χ1v) is 8.44. The Bertz CT molecular complexity index is 627. The second-order valence-electron chi connectivity index (χ2n) is 5.88. The van der Waals surface area contributed by atoms with E-state index in [0.29, 0.717) is 0 Å². The second-order valence-corrected chi connectivity index (χ2v) is 5.88. The van der Waals surface area contributed by atoms with E-state index in [9.17, 15) is 0 Å². The van der Waals surface area contributed by atoms with E-state index in [0.717, 1.165) is 13.1 Å². The normalized spacial score (nSPS) is 11.4. The van der Waals surface area contributed by atoms with Gasteiger partial charge in [-0.3, -0.25) is 5.32 Å². The van der Waals surface area contributed by atoms with Gasteiger partial charge in [-0.1, -0.05) is 91.0 Å². The molecule has 3 aromatic rings. The molecule has 0 heterocycles. The lowest BCUT2D eigenvalue weighted by atomic mass is 9.77. The summed E-state index contributed by atoms with van der Waals surface area (Å²) in [7, 11) is 1.98. The van der Waals surface area contributed by atoms with Gasteiger partial charge in [0.15, 0.2) is 0 Å². The molecule has 0 aliphatic carbocycles. The minimum absolute atomic E-state index is 0.360. The van der Waals surface area contributed by atoms with Crippen molar-refractivity contribution < 1.29 is 0 Å². The van der Waals surface area contributed by atoms with E-state index in [-0.39, 0.29) is 5.54 Å². The van der Waals surface area contributed by atoms with Gasteiger partial charge in [0.05, 0.1) is 5.54 Å². The van der Waals surface area contributed by atoms with Crippen molar-refractivity contribution in [3.63, 3.8) is 0 Å². The van der Waals surface area contributed by atoms with Gasteiger partial charge in [-0.15, -0.1) is 0 Å². The van der Waals surface area contributed by atoms with Crippen LogP contribution in [0.5, 0.6) is 0 Å². The van der Waals surface area contributed by atoms with Crippen LogP contribution in [0.25, 0.3) is 0 Å². The van der Waals surface area contributed by atoms with E-state index in [1.807, 2.05) is 7.05 Å². The molecule has 0 atom stereocenters. The maximum atomic E-state index is 3.82. The number of hydrogen-bond acceptors (Lipinski definition) is 2. The Morgan fingerprint density at radius 3 is 1.29 bits per heavy atom. The summed E-state index contributed by atoms with van der Waals surface area (Å²) in [6.07, 6.45) is 0. The zero-order valence-corrected chi connectivity index (χ0v) is 14.1. The Morgan fingerprint density at radius 2 is 0.958 bits per heavy atom. The SMILES string of the molecule is CNCCNC(c1ccccc1)(c1ccccc1)c1ccccc1. The van der Waals surface area contributed by atoms with Crippen LogP contribution in [-0.4, -0.2) is 20.1 Å². The highest BCUT2D eigenvalue weighted by Gasteiger charge is 2.35. The molecule has 0 fully saturated rings. The maximum absolute atomic E-state index is 3.82. The number of likely N-dealkylation sites (N-methyl/N-ethyl adjacent to an activating group) is 1. The van der Waals surface area contributed by atoms with Crippen LogP contribution in [0.1, 0.15) is 16.7 Å². The summed E-state index contributed by atoms with van der Waals surface area (Å²) in [4.78, 5) is 0. The van der Waals surface area contributed by atoms with E-state index in [1.54, 1.807) is 0 Å². The summed E-state index contributed by atoms with van der Waals surface area (Å²) in [5.74, 6) is 0. The molecule has 0 aromatic heterocycles. The van der Waals surface area contributed by atoms with Crippen LogP contribution in [0, 0.1) is 0 Å². The van der Waals surface area contributed by atoms with Gasteiger partial charge in [0.1, 0.15) is 0 Å². The Hall–Kier alpha value is -2.42. The zero-order chi connectivity index (χ0) is 16.7. The van der Waals surface area contributed by atoms with Crippen LogP contribution in [-0.2, 0) is 5.54 Å². The van der Waals surface area contributed by atoms with Crippen molar-refractivity contribution in [1.82, 2.24) is 10.6 Å². The van der Waals surface area contributed by atoms with Crippen LogP contribution in [0.3, 0.4) is 0 Å². The molecular formula is C22H24N2. The molecule has 0 aliphatic heterocycles. The van der Waals surface area contributed by atoms with Crippen LogP contribution in [0.15, 0.2) is 91.0 Å². The highest BCUT2D eigenvalue weighted by atomic mass is 15.0. The Morgan fingerprint density at radius 1 is 0.583 bits per heavy atom. The summed E-state index contributed by atoms with van der Waals surface area (Å²) in [6.45, 7) is 1.78. The van der Waals surface area contributed by atoms with Crippen molar-refractivity contribution >= 4 is 0 Å². The van der Waals surface area contributed by atoms with Crippen LogP contribution in [0.4, 0.5) is 0 Å². The second kappa shape index (κ2) is 7.91. The monoisotopic (exact) mass is 316 g/mol. The fourth-order valence-corrected chi connectivity index (χ4v) is 3.25. The highest BCUT2D eigenvalue weighted by Crippen LogP contribution is 2.36. The highest BCUT2D eigenvalue weighted by molar-refractivity contribution is 5.49. The molecule has 24 heavy (non-hydrogen) atoms. The lowest BCUT2D eigenvalue weighted by Gasteiger charge is -2.37. The lowest BCUT2D eigenvalue weighted by Crippen LogP contribution is -2.46. The molecule has 122 valence electrons. The molecule has 0 saturated heterocycles. The molecule has 2 heteroatoms. The molecule has 0 bridgehead atoms. The maximum Gasteiger partial charge on any atom is 0.0948 e. The molecule has 0 spiro atoms. The van der Waals surface area contributed by atoms with E-state index in [1.165, 1.54) is 16.7 Å². The van der Waals surface area contributed by atoms with Crippen molar-refractivity contribution in [2.45, 2.75) is 5.54 Å². The minimum atomic E-state index is -0.360. The van der Waals surface area contributed by atoms with E-state index < -0.39 is 0 Å². The largest absolute Gasteiger partial charge is 0.318 e. The van der Waals surface area contributed by atoms with Gasteiger partial charge in [-0.25, -0.2) is 0 Å². The van der Waals surface area contributed by atoms with Crippen molar-refractivity contribution in [1.29, 1.82) is 0 Å². The van der Waals surface area contributed by atoms with E-state index >= 15 is 0 Å². The van der Waals surface area contributed by atoms with E-state index in [4.69, 9.17) is 0 Å². The third-order valence-corrected chi connectivity index (χ3v) is 4.39. The predicted molar refractivity (Wildman–Crippen MR) is 101 cm³/mol. The Kier molecular flexibility index (Phi) is 5.42. The fourth-order valence-electron chi connectivity index (χ4n) is 3.25. The molecule has 0 unspecified atom stereocenters. The van der Waals surface area contributed by atoms with Gasteiger partial charge >= 0.3 is 0 Å². The predicted octanol–water partition coefficient (Wildman–Crippen LogP) is 3.79. The van der Waals surface area contributed by atoms with E-state index in [2.05, 4.69) is 102 Å². The molecular weight excluding hydrogens is 292 g/mol. The van der Waals surface area contributed by atoms with Crippen LogP contribution in [0.2, 0.25) is 0 Å². The Balaban J connectivity index is 2.20. The van der Waals surface area contributed by atoms with Crippen LogP contribution >= 0.6 is 0 Å². The fraction of sp³-hybridized carbons (Fsp3) is 0.182. The molecule has 0 aliphatic rings. The number of rotatable bonds is 7. The number of nitrogens with one attached hydrogen (secondary N) is 2. The average molecular weight is 316 g/mol. The standard InChI is InChI=1S/C22H24N2/c1-23-17-18-24-22(19-11-5-2-6-12-19,20-13-7-3-8-14-20)21-15-9-4-10-16-21/h2-16,23-24H,17-18H2,1H3. The quantitative estimate of drug-likeness (QED) is 0.512. The first-order valence-electron chi connectivity index (χ1n) is 8.44. The van der Waals surface area contributed by atoms with Crippen molar-refractivity contribution in [3.8, 4) is 0 Å². The average Bonchev–Trinajstić information content (AvgIpc) is 2.68. The topological polar surface area (TPSA) is 24.1 Å². The van der Waals surface area contributed by atoms with Crippen molar-refractivity contribution in [3.05, 3.63) is 108 Å². The molecule has 0 radical (unpaired) electrons. The third-order valence-electron chi connectivity index (χ3n) is 4.39. The molecule has 3 rings (SSSR count). The first kappa shape index (κ1) is 16.4. The third kappa shape index (κ3) is 3.25. The van der Waals surface area contributed by atoms with Gasteiger partial charge in [-0.05, 0) is 23.7 Å².